The van der Waals surface area contributed by atoms with Crippen LogP contribution in [0.1, 0.15) is 5.56 Å². The van der Waals surface area contributed by atoms with Crippen LogP contribution in [0.3, 0.4) is 0 Å². The van der Waals surface area contributed by atoms with E-state index in [4.69, 9.17) is 9.47 Å². The Hall–Kier alpha value is -1.72. The minimum absolute atomic E-state index is 0. The number of amides is 1. The van der Waals surface area contributed by atoms with Crippen molar-refractivity contribution in [1.82, 2.24) is 10.2 Å². The van der Waals surface area contributed by atoms with Gasteiger partial charge in [-0.3, -0.25) is 4.79 Å². The van der Waals surface area contributed by atoms with E-state index in [1.165, 1.54) is 0 Å². The molecule has 0 saturated carbocycles. The second kappa shape index (κ2) is 7.90. The molecule has 6 heteroatoms. The number of benzene rings is 1. The van der Waals surface area contributed by atoms with Gasteiger partial charge in [-0.15, -0.1) is 12.4 Å². The number of hydrogen-bond acceptors (Lipinski definition) is 4. The minimum atomic E-state index is -0.00581. The Morgan fingerprint density at radius 2 is 2.24 bits per heavy atom. The molecule has 0 atom stereocenters. The third-order valence-electron chi connectivity index (χ3n) is 3.25. The van der Waals surface area contributed by atoms with Crippen molar-refractivity contribution in [3.63, 3.8) is 0 Å². The molecule has 0 aliphatic carbocycles. The van der Waals surface area contributed by atoms with Crippen LogP contribution in [-0.2, 0) is 4.79 Å². The average molecular weight is 313 g/mol. The molecule has 1 aromatic carbocycles. The minimum Gasteiger partial charge on any atom is -0.497 e. The summed E-state index contributed by atoms with van der Waals surface area (Å²) in [5.41, 5.74) is 1.53. The summed E-state index contributed by atoms with van der Waals surface area (Å²) in [5.74, 6) is 1.52. The fraction of sp³-hybridized carbons (Fsp3) is 0.400. The lowest BCUT2D eigenvalue weighted by atomic mass is 10.1. The highest BCUT2D eigenvalue weighted by Crippen LogP contribution is 2.30. The number of fused-ring (bicyclic) bond motifs is 1. The van der Waals surface area contributed by atoms with Crippen LogP contribution in [0.15, 0.2) is 23.8 Å². The fourth-order valence-corrected chi connectivity index (χ4v) is 2.03. The first-order valence-corrected chi connectivity index (χ1v) is 6.57. The molecule has 0 spiro atoms. The Morgan fingerprint density at radius 3 is 2.90 bits per heavy atom. The maximum atomic E-state index is 12.3. The first kappa shape index (κ1) is 17.3. The van der Waals surface area contributed by atoms with Crippen molar-refractivity contribution in [1.29, 1.82) is 0 Å². The number of rotatable bonds is 5. The predicted octanol–water partition coefficient (Wildman–Crippen LogP) is 1.57. The van der Waals surface area contributed by atoms with Crippen LogP contribution in [0.4, 0.5) is 0 Å². The molecule has 0 radical (unpaired) electrons. The van der Waals surface area contributed by atoms with Gasteiger partial charge in [-0.05, 0) is 31.3 Å². The molecule has 5 nitrogen and oxygen atoms in total. The van der Waals surface area contributed by atoms with Crippen LogP contribution in [0.2, 0.25) is 0 Å². The second-order valence-corrected chi connectivity index (χ2v) is 4.69. The van der Waals surface area contributed by atoms with Gasteiger partial charge < -0.3 is 19.7 Å². The van der Waals surface area contributed by atoms with Crippen molar-refractivity contribution in [2.24, 2.45) is 0 Å². The molecule has 0 bridgehead atoms. The molecule has 0 fully saturated rings. The highest BCUT2D eigenvalue weighted by Gasteiger charge is 2.20. The third kappa shape index (κ3) is 4.12. The van der Waals surface area contributed by atoms with Crippen molar-refractivity contribution in [3.05, 3.63) is 29.3 Å². The van der Waals surface area contributed by atoms with E-state index in [9.17, 15) is 4.79 Å². The molecule has 0 saturated heterocycles. The summed E-state index contributed by atoms with van der Waals surface area (Å²) in [6.45, 7) is 1.74. The number of likely N-dealkylation sites (N-methyl/N-ethyl adjacent to an activating group) is 2. The van der Waals surface area contributed by atoms with E-state index in [2.05, 4.69) is 5.32 Å². The Kier molecular flexibility index (Phi) is 6.52. The maximum absolute atomic E-state index is 12.3. The smallest absolute Gasteiger partial charge is 0.253 e. The lowest BCUT2D eigenvalue weighted by Crippen LogP contribution is -2.35. The molecular weight excluding hydrogens is 292 g/mol. The summed E-state index contributed by atoms with van der Waals surface area (Å²) < 4.78 is 10.8. The fourth-order valence-electron chi connectivity index (χ4n) is 2.03. The van der Waals surface area contributed by atoms with E-state index in [0.717, 1.165) is 23.6 Å². The van der Waals surface area contributed by atoms with Gasteiger partial charge in [0.05, 0.1) is 12.7 Å². The van der Waals surface area contributed by atoms with Crippen molar-refractivity contribution >= 4 is 24.4 Å². The topological polar surface area (TPSA) is 50.8 Å². The summed E-state index contributed by atoms with van der Waals surface area (Å²) in [6.07, 6.45) is 1.87. The van der Waals surface area contributed by atoms with Gasteiger partial charge in [0.25, 0.3) is 5.91 Å². The number of ether oxygens (including phenoxy) is 2. The molecule has 1 aromatic rings. The van der Waals surface area contributed by atoms with Gasteiger partial charge >= 0.3 is 0 Å². The van der Waals surface area contributed by atoms with Gasteiger partial charge in [0, 0.05) is 25.7 Å². The number of carbonyl (C=O) groups is 1. The first-order valence-electron chi connectivity index (χ1n) is 6.57. The Labute approximate surface area is 131 Å². The number of nitrogens with zero attached hydrogens (tertiary/aromatic N) is 1. The first-order chi connectivity index (χ1) is 9.65. The van der Waals surface area contributed by atoms with Crippen molar-refractivity contribution in [3.8, 4) is 11.5 Å². The van der Waals surface area contributed by atoms with Gasteiger partial charge in [0.15, 0.2) is 0 Å². The average Bonchev–Trinajstić information content (AvgIpc) is 2.50. The Morgan fingerprint density at radius 1 is 1.48 bits per heavy atom. The molecule has 1 amide bonds. The highest BCUT2D eigenvalue weighted by atomic mass is 35.5. The SMILES string of the molecule is CNCCN(C)C(=O)C1=Cc2cc(OC)ccc2OC1.Cl. The monoisotopic (exact) mass is 312 g/mol. The van der Waals surface area contributed by atoms with E-state index in [1.807, 2.05) is 31.3 Å². The van der Waals surface area contributed by atoms with Crippen LogP contribution in [0, 0.1) is 0 Å². The predicted molar refractivity (Wildman–Crippen MR) is 85.3 cm³/mol. The molecule has 0 unspecified atom stereocenters. The van der Waals surface area contributed by atoms with Gasteiger partial charge in [-0.2, -0.15) is 0 Å². The van der Waals surface area contributed by atoms with E-state index in [-0.39, 0.29) is 18.3 Å². The van der Waals surface area contributed by atoms with E-state index >= 15 is 0 Å². The normalized spacial score (nSPS) is 12.4. The molecule has 1 N–H and O–H groups in total. The molecule has 0 aromatic heterocycles. The summed E-state index contributed by atoms with van der Waals surface area (Å²) in [5, 5.41) is 3.03. The van der Waals surface area contributed by atoms with Crippen LogP contribution in [0.25, 0.3) is 6.08 Å². The second-order valence-electron chi connectivity index (χ2n) is 4.69. The summed E-state index contributed by atoms with van der Waals surface area (Å²) in [6, 6.07) is 5.57. The number of halogens is 1. The molecule has 2 rings (SSSR count). The largest absolute Gasteiger partial charge is 0.497 e. The zero-order valence-corrected chi connectivity index (χ0v) is 13.3. The Bertz CT molecular complexity index is 532. The lowest BCUT2D eigenvalue weighted by molar-refractivity contribution is -0.126. The van der Waals surface area contributed by atoms with Gasteiger partial charge in [0.2, 0.25) is 0 Å². The molecule has 21 heavy (non-hydrogen) atoms. The van der Waals surface area contributed by atoms with E-state index in [0.29, 0.717) is 18.7 Å². The zero-order chi connectivity index (χ0) is 14.5. The Balaban J connectivity index is 0.00000220. The highest BCUT2D eigenvalue weighted by molar-refractivity contribution is 5.99. The van der Waals surface area contributed by atoms with Crippen molar-refractivity contribution in [2.75, 3.05) is 40.9 Å². The van der Waals surface area contributed by atoms with Crippen LogP contribution in [-0.4, -0.2) is 51.7 Å². The van der Waals surface area contributed by atoms with Crippen LogP contribution >= 0.6 is 12.4 Å². The number of methoxy groups -OCH3 is 1. The van der Waals surface area contributed by atoms with Crippen LogP contribution in [0.5, 0.6) is 11.5 Å². The van der Waals surface area contributed by atoms with Gasteiger partial charge in [0.1, 0.15) is 18.1 Å². The van der Waals surface area contributed by atoms with E-state index in [1.54, 1.807) is 19.1 Å². The van der Waals surface area contributed by atoms with Gasteiger partial charge in [-0.1, -0.05) is 0 Å². The molecular formula is C15H21ClN2O3. The standard InChI is InChI=1S/C15H20N2O3.ClH/c1-16-6-7-17(2)15(18)12-8-11-9-13(19-3)4-5-14(11)20-10-12;/h4-5,8-9,16H,6-7,10H2,1-3H3;1H. The third-order valence-corrected chi connectivity index (χ3v) is 3.25. The number of nitrogens with one attached hydrogen (secondary N) is 1. The molecule has 1 aliphatic rings. The van der Waals surface area contributed by atoms with Crippen molar-refractivity contribution < 1.29 is 14.3 Å². The van der Waals surface area contributed by atoms with Crippen LogP contribution < -0.4 is 14.8 Å². The van der Waals surface area contributed by atoms with Crippen molar-refractivity contribution in [2.45, 2.75) is 0 Å². The maximum Gasteiger partial charge on any atom is 0.253 e. The summed E-state index contributed by atoms with van der Waals surface area (Å²) in [4.78, 5) is 14.0. The summed E-state index contributed by atoms with van der Waals surface area (Å²) >= 11 is 0. The summed E-state index contributed by atoms with van der Waals surface area (Å²) in [7, 11) is 5.28. The molecule has 1 aliphatic heterocycles. The molecule has 1 heterocycles. The number of hydrogen-bond donors (Lipinski definition) is 1. The lowest BCUT2D eigenvalue weighted by Gasteiger charge is -2.22. The van der Waals surface area contributed by atoms with Gasteiger partial charge in [-0.25, -0.2) is 0 Å². The molecule has 116 valence electrons. The number of carbonyl (C=O) groups excluding carboxylic acids is 1. The zero-order valence-electron chi connectivity index (χ0n) is 12.5. The quantitative estimate of drug-likeness (QED) is 0.896. The van der Waals surface area contributed by atoms with E-state index < -0.39 is 0 Å².